The molecular weight excluding hydrogens is 232 g/mol. The van der Waals surface area contributed by atoms with Crippen LogP contribution in [0.3, 0.4) is 0 Å². The van der Waals surface area contributed by atoms with Gasteiger partial charge in [0.15, 0.2) is 0 Å². The van der Waals surface area contributed by atoms with Crippen LogP contribution in [0.4, 0.5) is 11.4 Å². The Kier molecular flexibility index (Phi) is 4.53. The summed E-state index contributed by atoms with van der Waals surface area (Å²) < 4.78 is 5.15. The molecule has 0 fully saturated rings. The van der Waals surface area contributed by atoms with Crippen molar-refractivity contribution in [3.05, 3.63) is 28.3 Å². The zero-order valence-corrected chi connectivity index (χ0v) is 11.3. The molecule has 18 heavy (non-hydrogen) atoms. The number of rotatable bonds is 5. The molecule has 0 unspecified atom stereocenters. The zero-order chi connectivity index (χ0) is 13.8. The van der Waals surface area contributed by atoms with Gasteiger partial charge in [-0.1, -0.05) is 20.8 Å². The van der Waals surface area contributed by atoms with Crippen LogP contribution in [0.15, 0.2) is 18.2 Å². The fourth-order valence-electron chi connectivity index (χ4n) is 1.51. The average Bonchev–Trinajstić information content (AvgIpc) is 2.27. The fraction of sp³-hybridized carbons (Fsp3) is 0.538. The summed E-state index contributed by atoms with van der Waals surface area (Å²) in [6.45, 7) is 7.31. The van der Waals surface area contributed by atoms with Crippen LogP contribution in [0.5, 0.6) is 5.75 Å². The van der Waals surface area contributed by atoms with Crippen LogP contribution in [0, 0.1) is 15.5 Å². The maximum absolute atomic E-state index is 10.7. The van der Waals surface area contributed by atoms with Gasteiger partial charge in [0, 0.05) is 12.6 Å². The van der Waals surface area contributed by atoms with Crippen molar-refractivity contribution in [3.63, 3.8) is 0 Å². The van der Waals surface area contributed by atoms with Gasteiger partial charge in [0.05, 0.1) is 23.8 Å². The number of ether oxygens (including phenoxy) is 1. The smallest absolute Gasteiger partial charge is 0.273 e. The number of methoxy groups -OCH3 is 1. The number of benzene rings is 1. The first-order chi connectivity index (χ1) is 8.33. The van der Waals surface area contributed by atoms with Crippen LogP contribution in [-0.4, -0.2) is 18.6 Å². The molecule has 1 rings (SSSR count). The van der Waals surface area contributed by atoms with Crippen molar-refractivity contribution >= 4 is 11.4 Å². The van der Waals surface area contributed by atoms with Gasteiger partial charge in [-0.15, -0.1) is 0 Å². The predicted molar refractivity (Wildman–Crippen MR) is 72.2 cm³/mol. The number of hydrogen-bond donors (Lipinski definition) is 1. The third kappa shape index (κ3) is 4.24. The Labute approximate surface area is 107 Å². The second kappa shape index (κ2) is 5.71. The molecule has 0 radical (unpaired) electrons. The molecule has 0 aliphatic carbocycles. The summed E-state index contributed by atoms with van der Waals surface area (Å²) in [4.78, 5) is 10.2. The van der Waals surface area contributed by atoms with Gasteiger partial charge in [0.2, 0.25) is 0 Å². The van der Waals surface area contributed by atoms with E-state index in [0.717, 1.165) is 18.7 Å². The van der Waals surface area contributed by atoms with Crippen LogP contribution in [-0.2, 0) is 0 Å². The van der Waals surface area contributed by atoms with Gasteiger partial charge < -0.3 is 10.1 Å². The van der Waals surface area contributed by atoms with E-state index < -0.39 is 4.92 Å². The normalized spacial score (nSPS) is 11.1. The number of non-ortho nitro benzene ring substituents is 1. The quantitative estimate of drug-likeness (QED) is 0.644. The molecule has 100 valence electrons. The Bertz CT molecular complexity index is 425. The summed E-state index contributed by atoms with van der Waals surface area (Å²) in [6, 6.07) is 4.58. The molecule has 0 saturated carbocycles. The summed E-state index contributed by atoms with van der Waals surface area (Å²) in [5, 5.41) is 13.9. The van der Waals surface area contributed by atoms with Crippen molar-refractivity contribution in [1.82, 2.24) is 0 Å². The molecule has 0 aliphatic rings. The lowest BCUT2D eigenvalue weighted by Gasteiger charge is -2.19. The average molecular weight is 252 g/mol. The van der Waals surface area contributed by atoms with E-state index in [1.54, 1.807) is 6.07 Å². The number of hydrogen-bond acceptors (Lipinski definition) is 4. The van der Waals surface area contributed by atoms with Crippen molar-refractivity contribution in [2.45, 2.75) is 27.2 Å². The minimum Gasteiger partial charge on any atom is -0.494 e. The van der Waals surface area contributed by atoms with Crippen LogP contribution in [0.1, 0.15) is 27.2 Å². The summed E-state index contributed by atoms with van der Waals surface area (Å²) in [7, 11) is 1.51. The topological polar surface area (TPSA) is 64.4 Å². The third-order valence-corrected chi connectivity index (χ3v) is 2.59. The van der Waals surface area contributed by atoms with E-state index >= 15 is 0 Å². The number of nitro benzene ring substituents is 1. The van der Waals surface area contributed by atoms with Crippen molar-refractivity contribution in [3.8, 4) is 5.75 Å². The second-order valence-corrected chi connectivity index (χ2v) is 5.38. The lowest BCUT2D eigenvalue weighted by molar-refractivity contribution is -0.384. The Morgan fingerprint density at radius 2 is 2.06 bits per heavy atom. The number of nitrogens with one attached hydrogen (secondary N) is 1. The molecule has 0 saturated heterocycles. The van der Waals surface area contributed by atoms with Gasteiger partial charge in [-0.05, 0) is 17.9 Å². The molecule has 0 spiro atoms. The molecule has 1 N–H and O–H groups in total. The van der Waals surface area contributed by atoms with E-state index in [4.69, 9.17) is 4.74 Å². The second-order valence-electron chi connectivity index (χ2n) is 5.38. The minimum atomic E-state index is -0.429. The van der Waals surface area contributed by atoms with Gasteiger partial charge in [0.25, 0.3) is 5.69 Å². The zero-order valence-electron chi connectivity index (χ0n) is 11.3. The van der Waals surface area contributed by atoms with Gasteiger partial charge in [-0.2, -0.15) is 0 Å². The molecule has 0 amide bonds. The molecule has 5 heteroatoms. The number of nitro groups is 1. The first-order valence-corrected chi connectivity index (χ1v) is 5.90. The highest BCUT2D eigenvalue weighted by Crippen LogP contribution is 2.29. The predicted octanol–water partition coefficient (Wildman–Crippen LogP) is 3.45. The van der Waals surface area contributed by atoms with Gasteiger partial charge in [0.1, 0.15) is 5.75 Å². The first-order valence-electron chi connectivity index (χ1n) is 5.90. The third-order valence-electron chi connectivity index (χ3n) is 2.59. The van der Waals surface area contributed by atoms with Crippen molar-refractivity contribution in [2.24, 2.45) is 5.41 Å². The monoisotopic (exact) mass is 252 g/mol. The van der Waals surface area contributed by atoms with Crippen molar-refractivity contribution in [1.29, 1.82) is 0 Å². The first kappa shape index (κ1) is 14.3. The molecular formula is C13H20N2O3. The Morgan fingerprint density at radius 3 is 2.56 bits per heavy atom. The SMILES string of the molecule is COc1cc([N+](=O)[O-])ccc1NCCC(C)(C)C. The molecule has 0 heterocycles. The van der Waals surface area contributed by atoms with E-state index in [-0.39, 0.29) is 11.1 Å². The van der Waals surface area contributed by atoms with E-state index in [9.17, 15) is 10.1 Å². The summed E-state index contributed by atoms with van der Waals surface area (Å²) in [6.07, 6.45) is 1.01. The largest absolute Gasteiger partial charge is 0.494 e. The number of anilines is 1. The molecule has 0 atom stereocenters. The minimum absolute atomic E-state index is 0.0354. The van der Waals surface area contributed by atoms with Gasteiger partial charge in [-0.25, -0.2) is 0 Å². The van der Waals surface area contributed by atoms with Crippen LogP contribution in [0.2, 0.25) is 0 Å². The highest BCUT2D eigenvalue weighted by Gasteiger charge is 2.13. The summed E-state index contributed by atoms with van der Waals surface area (Å²) in [5.74, 6) is 0.498. The summed E-state index contributed by atoms with van der Waals surface area (Å²) >= 11 is 0. The molecule has 5 nitrogen and oxygen atoms in total. The molecule has 0 bridgehead atoms. The highest BCUT2D eigenvalue weighted by atomic mass is 16.6. The van der Waals surface area contributed by atoms with Crippen molar-refractivity contribution in [2.75, 3.05) is 19.0 Å². The molecule has 1 aromatic carbocycles. The van der Waals surface area contributed by atoms with Crippen LogP contribution in [0.25, 0.3) is 0 Å². The maximum atomic E-state index is 10.7. The fourth-order valence-corrected chi connectivity index (χ4v) is 1.51. The lowest BCUT2D eigenvalue weighted by atomic mass is 9.92. The van der Waals surface area contributed by atoms with E-state index in [1.807, 2.05) is 0 Å². The maximum Gasteiger partial charge on any atom is 0.273 e. The molecule has 0 aromatic heterocycles. The van der Waals surface area contributed by atoms with Crippen LogP contribution >= 0.6 is 0 Å². The Hall–Kier alpha value is -1.78. The van der Waals surface area contributed by atoms with Crippen molar-refractivity contribution < 1.29 is 9.66 Å². The number of nitrogens with zero attached hydrogens (tertiary/aromatic N) is 1. The van der Waals surface area contributed by atoms with Gasteiger partial charge in [-0.3, -0.25) is 10.1 Å². The van der Waals surface area contributed by atoms with E-state index in [1.165, 1.54) is 19.2 Å². The van der Waals surface area contributed by atoms with E-state index in [0.29, 0.717) is 5.75 Å². The Balaban J connectivity index is 2.74. The standard InChI is InChI=1S/C13H20N2O3/c1-13(2,3)7-8-14-11-6-5-10(15(16)17)9-12(11)18-4/h5-6,9,14H,7-8H2,1-4H3. The highest BCUT2D eigenvalue weighted by molar-refractivity contribution is 5.60. The molecule has 0 aliphatic heterocycles. The van der Waals surface area contributed by atoms with Crippen LogP contribution < -0.4 is 10.1 Å². The summed E-state index contributed by atoms with van der Waals surface area (Å²) in [5.41, 5.74) is 1.07. The van der Waals surface area contributed by atoms with E-state index in [2.05, 4.69) is 26.1 Å². The molecule has 1 aromatic rings. The lowest BCUT2D eigenvalue weighted by Crippen LogP contribution is -2.13. The Morgan fingerprint density at radius 1 is 1.39 bits per heavy atom. The van der Waals surface area contributed by atoms with Gasteiger partial charge >= 0.3 is 0 Å².